The van der Waals surface area contributed by atoms with Crippen LogP contribution in [0.25, 0.3) is 0 Å². The Morgan fingerprint density at radius 3 is 2.61 bits per heavy atom. The third-order valence-corrected chi connectivity index (χ3v) is 3.85. The van der Waals surface area contributed by atoms with Crippen molar-refractivity contribution in [1.82, 2.24) is 4.90 Å². The molecule has 0 unspecified atom stereocenters. The van der Waals surface area contributed by atoms with Gasteiger partial charge in [-0.2, -0.15) is 24.5 Å². The van der Waals surface area contributed by atoms with E-state index < -0.39 is 25.2 Å². The van der Waals surface area contributed by atoms with Crippen molar-refractivity contribution in [2.45, 2.75) is 19.6 Å². The molecular formula is C16H16F3NO2S. The number of carbonyl (C=O) groups is 1. The summed E-state index contributed by atoms with van der Waals surface area (Å²) in [5, 5.41) is 3.48. The van der Waals surface area contributed by atoms with Crippen LogP contribution in [0, 0.1) is 6.92 Å². The minimum atomic E-state index is -4.45. The first-order chi connectivity index (χ1) is 10.8. The Bertz CT molecular complexity index is 641. The fraction of sp³-hybridized carbons (Fsp3) is 0.312. The lowest BCUT2D eigenvalue weighted by molar-refractivity contribution is -0.163. The number of alkyl halides is 3. The molecule has 0 saturated heterocycles. The molecule has 0 aliphatic heterocycles. The van der Waals surface area contributed by atoms with Crippen LogP contribution in [0.15, 0.2) is 41.1 Å². The fourth-order valence-corrected chi connectivity index (χ4v) is 2.66. The molecule has 23 heavy (non-hydrogen) atoms. The van der Waals surface area contributed by atoms with Gasteiger partial charge in [0.2, 0.25) is 0 Å². The molecule has 3 nitrogen and oxygen atoms in total. The Morgan fingerprint density at radius 2 is 2.00 bits per heavy atom. The summed E-state index contributed by atoms with van der Waals surface area (Å²) in [6.07, 6.45) is -4.45. The van der Waals surface area contributed by atoms with Crippen molar-refractivity contribution in [3.05, 3.63) is 52.2 Å². The van der Waals surface area contributed by atoms with Crippen molar-refractivity contribution < 1.29 is 22.7 Å². The second-order valence-corrected chi connectivity index (χ2v) is 5.83. The van der Waals surface area contributed by atoms with Crippen LogP contribution < -0.4 is 4.74 Å². The Hall–Kier alpha value is -2.02. The first-order valence-corrected chi connectivity index (χ1v) is 7.83. The molecule has 0 bridgehead atoms. The third kappa shape index (κ3) is 5.59. The predicted molar refractivity (Wildman–Crippen MR) is 82.5 cm³/mol. The fourth-order valence-electron chi connectivity index (χ4n) is 2.00. The maximum absolute atomic E-state index is 12.7. The number of nitrogens with zero attached hydrogens (tertiary/aromatic N) is 1. The van der Waals surface area contributed by atoms with Gasteiger partial charge in [-0.05, 0) is 40.9 Å². The van der Waals surface area contributed by atoms with Crippen molar-refractivity contribution in [3.63, 3.8) is 0 Å². The van der Waals surface area contributed by atoms with Gasteiger partial charge in [-0.3, -0.25) is 4.79 Å². The van der Waals surface area contributed by atoms with Crippen molar-refractivity contribution in [2.24, 2.45) is 0 Å². The van der Waals surface area contributed by atoms with Crippen molar-refractivity contribution in [2.75, 3.05) is 13.2 Å². The maximum atomic E-state index is 12.7. The molecule has 0 atom stereocenters. The molecule has 0 N–H and O–H groups in total. The number of amides is 1. The predicted octanol–water partition coefficient (Wildman–Crippen LogP) is 4.03. The lowest BCUT2D eigenvalue weighted by Gasteiger charge is -2.23. The van der Waals surface area contributed by atoms with Crippen molar-refractivity contribution >= 4 is 17.2 Å². The number of carbonyl (C=O) groups excluding carboxylic acids is 1. The number of ether oxygens (including phenoxy) is 1. The number of hydrogen-bond donors (Lipinski definition) is 0. The van der Waals surface area contributed by atoms with E-state index in [4.69, 9.17) is 4.74 Å². The zero-order chi connectivity index (χ0) is 16.9. The first kappa shape index (κ1) is 17.3. The Kier molecular flexibility index (Phi) is 5.65. The molecule has 2 rings (SSSR count). The molecule has 0 aliphatic rings. The van der Waals surface area contributed by atoms with E-state index in [1.165, 1.54) is 11.3 Å². The summed E-state index contributed by atoms with van der Waals surface area (Å²) in [5.74, 6) is -0.208. The average molecular weight is 343 g/mol. The summed E-state index contributed by atoms with van der Waals surface area (Å²) >= 11 is 1.37. The van der Waals surface area contributed by atoms with Crippen LogP contribution in [-0.2, 0) is 11.3 Å². The largest absolute Gasteiger partial charge is 0.484 e. The van der Waals surface area contributed by atoms with Crippen LogP contribution in [0.1, 0.15) is 11.1 Å². The summed E-state index contributed by atoms with van der Waals surface area (Å²) in [6, 6.07) is 8.74. The summed E-state index contributed by atoms with van der Waals surface area (Å²) in [4.78, 5) is 12.9. The molecule has 1 aromatic carbocycles. The van der Waals surface area contributed by atoms with Crippen LogP contribution in [-0.4, -0.2) is 30.1 Å². The van der Waals surface area contributed by atoms with Crippen molar-refractivity contribution in [3.8, 4) is 5.75 Å². The van der Waals surface area contributed by atoms with Gasteiger partial charge in [0.25, 0.3) is 5.91 Å². The zero-order valence-electron chi connectivity index (χ0n) is 12.5. The Morgan fingerprint density at radius 1 is 1.26 bits per heavy atom. The number of thiophene rings is 1. The highest BCUT2D eigenvalue weighted by atomic mass is 32.1. The number of para-hydroxylation sites is 1. The normalized spacial score (nSPS) is 11.3. The second-order valence-electron chi connectivity index (χ2n) is 5.05. The number of rotatable bonds is 6. The van der Waals surface area contributed by atoms with Gasteiger partial charge in [0.15, 0.2) is 6.61 Å². The quantitative estimate of drug-likeness (QED) is 0.793. The molecule has 0 saturated carbocycles. The number of hydrogen-bond acceptors (Lipinski definition) is 3. The highest BCUT2D eigenvalue weighted by Gasteiger charge is 2.33. The molecule has 2 aromatic rings. The third-order valence-electron chi connectivity index (χ3n) is 3.12. The molecule has 0 spiro atoms. The van der Waals surface area contributed by atoms with Gasteiger partial charge in [-0.25, -0.2) is 0 Å². The van der Waals surface area contributed by atoms with E-state index >= 15 is 0 Å². The topological polar surface area (TPSA) is 29.5 Å². The van der Waals surface area contributed by atoms with Gasteiger partial charge in [0, 0.05) is 6.54 Å². The molecule has 1 aromatic heterocycles. The van der Waals surface area contributed by atoms with E-state index in [0.717, 1.165) is 10.5 Å². The SMILES string of the molecule is Cc1ccccc1OCC(=O)N(Cc1ccsc1)CC(F)(F)F. The van der Waals surface area contributed by atoms with Gasteiger partial charge in [-0.1, -0.05) is 18.2 Å². The highest BCUT2D eigenvalue weighted by molar-refractivity contribution is 7.07. The Labute approximate surface area is 136 Å². The van der Waals surface area contributed by atoms with Crippen LogP contribution in [0.4, 0.5) is 13.2 Å². The van der Waals surface area contributed by atoms with E-state index in [9.17, 15) is 18.0 Å². The molecule has 0 aliphatic carbocycles. The summed E-state index contributed by atoms with van der Waals surface area (Å²) < 4.78 is 43.4. The van der Waals surface area contributed by atoms with E-state index in [1.807, 2.05) is 6.07 Å². The monoisotopic (exact) mass is 343 g/mol. The molecular weight excluding hydrogens is 327 g/mol. The van der Waals surface area contributed by atoms with Crippen LogP contribution in [0.5, 0.6) is 5.75 Å². The van der Waals surface area contributed by atoms with Gasteiger partial charge in [0.05, 0.1) is 0 Å². The van der Waals surface area contributed by atoms with E-state index in [1.54, 1.807) is 41.9 Å². The van der Waals surface area contributed by atoms with Crippen LogP contribution in [0.2, 0.25) is 0 Å². The highest BCUT2D eigenvalue weighted by Crippen LogP contribution is 2.20. The summed E-state index contributed by atoms with van der Waals surface area (Å²) in [6.45, 7) is 0.00149. The van der Waals surface area contributed by atoms with Crippen LogP contribution >= 0.6 is 11.3 Å². The van der Waals surface area contributed by atoms with E-state index in [-0.39, 0.29) is 6.54 Å². The van der Waals surface area contributed by atoms with E-state index in [2.05, 4.69) is 0 Å². The van der Waals surface area contributed by atoms with Gasteiger partial charge in [-0.15, -0.1) is 0 Å². The maximum Gasteiger partial charge on any atom is 0.406 e. The van der Waals surface area contributed by atoms with Gasteiger partial charge >= 0.3 is 6.18 Å². The molecule has 0 radical (unpaired) electrons. The first-order valence-electron chi connectivity index (χ1n) is 6.89. The van der Waals surface area contributed by atoms with E-state index in [0.29, 0.717) is 11.3 Å². The standard InChI is InChI=1S/C16H16F3NO2S/c1-12-4-2-3-5-14(12)22-9-15(21)20(11-16(17,18)19)8-13-6-7-23-10-13/h2-7,10H,8-9,11H2,1H3. The lowest BCUT2D eigenvalue weighted by atomic mass is 10.2. The molecule has 7 heteroatoms. The molecule has 1 amide bonds. The van der Waals surface area contributed by atoms with Crippen LogP contribution in [0.3, 0.4) is 0 Å². The average Bonchev–Trinajstić information content (AvgIpc) is 2.97. The smallest absolute Gasteiger partial charge is 0.406 e. The van der Waals surface area contributed by atoms with Gasteiger partial charge in [0.1, 0.15) is 12.3 Å². The lowest BCUT2D eigenvalue weighted by Crippen LogP contribution is -2.40. The molecule has 124 valence electrons. The summed E-state index contributed by atoms with van der Waals surface area (Å²) in [7, 11) is 0. The molecule has 1 heterocycles. The number of aryl methyl sites for hydroxylation is 1. The minimum Gasteiger partial charge on any atom is -0.484 e. The Balaban J connectivity index is 2.02. The number of benzene rings is 1. The number of halogens is 3. The summed E-state index contributed by atoms with van der Waals surface area (Å²) in [5.41, 5.74) is 1.49. The van der Waals surface area contributed by atoms with Gasteiger partial charge < -0.3 is 9.64 Å². The minimum absolute atomic E-state index is 0.0844. The van der Waals surface area contributed by atoms with Crippen molar-refractivity contribution in [1.29, 1.82) is 0 Å². The zero-order valence-corrected chi connectivity index (χ0v) is 13.3. The second kappa shape index (κ2) is 7.50. The molecule has 0 fully saturated rings.